The Hall–Kier alpha value is -3.13. The van der Waals surface area contributed by atoms with Crippen molar-refractivity contribution in [2.45, 2.75) is 12.7 Å². The fourth-order valence-corrected chi connectivity index (χ4v) is 3.56. The second-order valence-corrected chi connectivity index (χ2v) is 7.11. The number of aromatic nitrogens is 2. The Morgan fingerprint density at radius 3 is 2.71 bits per heavy atom. The van der Waals surface area contributed by atoms with E-state index in [0.717, 1.165) is 17.0 Å². The lowest BCUT2D eigenvalue weighted by molar-refractivity contribution is -0.137. The number of amides is 1. The van der Waals surface area contributed by atoms with E-state index in [1.165, 1.54) is 17.4 Å². The Morgan fingerprint density at radius 1 is 1.11 bits per heavy atom. The first kappa shape index (κ1) is 18.2. The number of halogens is 3. The molecule has 0 saturated heterocycles. The van der Waals surface area contributed by atoms with Crippen LogP contribution in [-0.2, 0) is 12.7 Å². The van der Waals surface area contributed by atoms with Crippen LogP contribution in [0, 0.1) is 0 Å². The molecule has 3 aromatic heterocycles. The van der Waals surface area contributed by atoms with Crippen molar-refractivity contribution in [2.24, 2.45) is 0 Å². The zero-order valence-electron chi connectivity index (χ0n) is 14.4. The van der Waals surface area contributed by atoms with Crippen molar-refractivity contribution in [1.82, 2.24) is 14.7 Å². The second kappa shape index (κ2) is 7.12. The molecule has 0 radical (unpaired) electrons. The highest BCUT2D eigenvalue weighted by molar-refractivity contribution is 7.09. The summed E-state index contributed by atoms with van der Waals surface area (Å²) >= 11 is 1.52. The van der Waals surface area contributed by atoms with Gasteiger partial charge in [-0.05, 0) is 35.7 Å². The fourth-order valence-electron chi connectivity index (χ4n) is 2.91. The number of nitrogens with zero attached hydrogens (tertiary/aromatic N) is 2. The van der Waals surface area contributed by atoms with Gasteiger partial charge in [0.25, 0.3) is 5.91 Å². The number of carbonyl (C=O) groups is 1. The van der Waals surface area contributed by atoms with E-state index in [2.05, 4.69) is 10.3 Å². The van der Waals surface area contributed by atoms with Crippen molar-refractivity contribution in [2.75, 3.05) is 0 Å². The molecule has 3 heterocycles. The average Bonchev–Trinajstić information content (AvgIpc) is 3.33. The number of thiophene rings is 1. The standard InChI is InChI=1S/C20H14F3N3OS/c21-20(22,23)14-6-3-5-13(11-14)17-16-8-1-2-9-26(16)18(25-17)19(27)24-12-15-7-4-10-28-15/h1-11H,12H2,(H,24,27). The number of imidazole rings is 1. The zero-order chi connectivity index (χ0) is 19.7. The van der Waals surface area contributed by atoms with Gasteiger partial charge in [-0.1, -0.05) is 24.3 Å². The van der Waals surface area contributed by atoms with Gasteiger partial charge < -0.3 is 5.32 Å². The third-order valence-electron chi connectivity index (χ3n) is 4.22. The predicted octanol–water partition coefficient (Wildman–Crippen LogP) is 5.01. The van der Waals surface area contributed by atoms with Crippen molar-refractivity contribution < 1.29 is 18.0 Å². The smallest absolute Gasteiger partial charge is 0.344 e. The van der Waals surface area contributed by atoms with Gasteiger partial charge in [0, 0.05) is 16.6 Å². The molecule has 8 heteroatoms. The van der Waals surface area contributed by atoms with Crippen LogP contribution in [0.15, 0.2) is 66.2 Å². The molecule has 0 aliphatic carbocycles. The number of fused-ring (bicyclic) bond motifs is 1. The van der Waals surface area contributed by atoms with E-state index in [-0.39, 0.29) is 5.82 Å². The molecule has 0 bridgehead atoms. The van der Waals surface area contributed by atoms with Gasteiger partial charge in [0.2, 0.25) is 5.82 Å². The lowest BCUT2D eigenvalue weighted by Gasteiger charge is -2.07. The van der Waals surface area contributed by atoms with Crippen LogP contribution in [0.25, 0.3) is 16.8 Å². The first-order valence-electron chi connectivity index (χ1n) is 8.39. The maximum atomic E-state index is 13.1. The molecule has 1 N–H and O–H groups in total. The largest absolute Gasteiger partial charge is 0.416 e. The van der Waals surface area contributed by atoms with Crippen LogP contribution in [0.5, 0.6) is 0 Å². The quantitative estimate of drug-likeness (QED) is 0.522. The Morgan fingerprint density at radius 2 is 1.96 bits per heavy atom. The minimum Gasteiger partial charge on any atom is -0.344 e. The number of benzene rings is 1. The minimum absolute atomic E-state index is 0.125. The van der Waals surface area contributed by atoms with Gasteiger partial charge in [0.15, 0.2) is 0 Å². The van der Waals surface area contributed by atoms with Gasteiger partial charge in [0.05, 0.1) is 23.3 Å². The fraction of sp³-hybridized carbons (Fsp3) is 0.100. The molecule has 0 aliphatic rings. The number of pyridine rings is 1. The van der Waals surface area contributed by atoms with Crippen LogP contribution in [0.2, 0.25) is 0 Å². The summed E-state index contributed by atoms with van der Waals surface area (Å²) in [6, 6.07) is 14.0. The van der Waals surface area contributed by atoms with E-state index in [1.807, 2.05) is 17.5 Å². The monoisotopic (exact) mass is 401 g/mol. The highest BCUT2D eigenvalue weighted by Crippen LogP contribution is 2.33. The molecule has 4 aromatic rings. The summed E-state index contributed by atoms with van der Waals surface area (Å²) in [5, 5.41) is 4.72. The van der Waals surface area contributed by atoms with Crippen LogP contribution < -0.4 is 5.32 Å². The van der Waals surface area contributed by atoms with E-state index in [0.29, 0.717) is 23.3 Å². The first-order valence-corrected chi connectivity index (χ1v) is 9.27. The molecule has 28 heavy (non-hydrogen) atoms. The second-order valence-electron chi connectivity index (χ2n) is 6.08. The molecule has 4 nitrogen and oxygen atoms in total. The lowest BCUT2D eigenvalue weighted by Crippen LogP contribution is -2.24. The van der Waals surface area contributed by atoms with Crippen LogP contribution in [0.3, 0.4) is 0 Å². The number of alkyl halides is 3. The normalized spacial score (nSPS) is 11.7. The molecular weight excluding hydrogens is 387 g/mol. The van der Waals surface area contributed by atoms with Crippen molar-refractivity contribution in [3.8, 4) is 11.3 Å². The maximum absolute atomic E-state index is 13.1. The summed E-state index contributed by atoms with van der Waals surface area (Å²) in [4.78, 5) is 18.0. The number of rotatable bonds is 4. The molecule has 1 aromatic carbocycles. The summed E-state index contributed by atoms with van der Waals surface area (Å²) in [6.07, 6.45) is -2.79. The topological polar surface area (TPSA) is 46.4 Å². The average molecular weight is 401 g/mol. The van der Waals surface area contributed by atoms with Crippen molar-refractivity contribution >= 4 is 22.8 Å². The minimum atomic E-state index is -4.45. The third-order valence-corrected chi connectivity index (χ3v) is 5.09. The van der Waals surface area contributed by atoms with Crippen molar-refractivity contribution in [3.05, 3.63) is 82.4 Å². The van der Waals surface area contributed by atoms with Gasteiger partial charge >= 0.3 is 6.18 Å². The molecule has 0 aliphatic heterocycles. The zero-order valence-corrected chi connectivity index (χ0v) is 15.2. The molecule has 4 rings (SSSR count). The first-order chi connectivity index (χ1) is 13.4. The maximum Gasteiger partial charge on any atom is 0.416 e. The van der Waals surface area contributed by atoms with E-state index in [9.17, 15) is 18.0 Å². The summed E-state index contributed by atoms with van der Waals surface area (Å²) in [5.41, 5.74) is 0.428. The van der Waals surface area contributed by atoms with E-state index >= 15 is 0 Å². The van der Waals surface area contributed by atoms with Crippen LogP contribution in [-0.4, -0.2) is 15.3 Å². The van der Waals surface area contributed by atoms with Gasteiger partial charge in [-0.2, -0.15) is 13.2 Å². The Bertz CT molecular complexity index is 1130. The number of hydrogen-bond acceptors (Lipinski definition) is 3. The van der Waals surface area contributed by atoms with Crippen molar-refractivity contribution in [3.63, 3.8) is 0 Å². The summed E-state index contributed by atoms with van der Waals surface area (Å²) < 4.78 is 40.8. The number of carbonyl (C=O) groups excluding carboxylic acids is 1. The van der Waals surface area contributed by atoms with Gasteiger partial charge in [-0.3, -0.25) is 9.20 Å². The van der Waals surface area contributed by atoms with Crippen LogP contribution in [0.4, 0.5) is 13.2 Å². The predicted molar refractivity (Wildman–Crippen MR) is 101 cm³/mol. The molecule has 142 valence electrons. The van der Waals surface area contributed by atoms with Gasteiger partial charge in [-0.15, -0.1) is 11.3 Å². The summed E-state index contributed by atoms with van der Waals surface area (Å²) in [7, 11) is 0. The van der Waals surface area contributed by atoms with Gasteiger partial charge in [0.1, 0.15) is 0 Å². The Balaban J connectivity index is 1.74. The number of nitrogens with one attached hydrogen (secondary N) is 1. The van der Waals surface area contributed by atoms with Crippen LogP contribution >= 0.6 is 11.3 Å². The molecule has 0 unspecified atom stereocenters. The van der Waals surface area contributed by atoms with E-state index in [4.69, 9.17) is 0 Å². The van der Waals surface area contributed by atoms with E-state index in [1.54, 1.807) is 34.9 Å². The SMILES string of the molecule is O=C(NCc1cccs1)c1nc(-c2cccc(C(F)(F)F)c2)c2ccccn12. The third kappa shape index (κ3) is 3.50. The Kier molecular flexibility index (Phi) is 4.64. The summed E-state index contributed by atoms with van der Waals surface area (Å²) in [6.45, 7) is 0.358. The highest BCUT2D eigenvalue weighted by Gasteiger charge is 2.31. The molecule has 0 fully saturated rings. The number of hydrogen-bond donors (Lipinski definition) is 1. The molecule has 0 saturated carbocycles. The highest BCUT2D eigenvalue weighted by atomic mass is 32.1. The van der Waals surface area contributed by atoms with E-state index < -0.39 is 17.6 Å². The van der Waals surface area contributed by atoms with Crippen LogP contribution in [0.1, 0.15) is 21.1 Å². The molecular formula is C20H14F3N3OS. The molecule has 1 amide bonds. The molecule has 0 spiro atoms. The molecule has 0 atom stereocenters. The van der Waals surface area contributed by atoms with Crippen molar-refractivity contribution in [1.29, 1.82) is 0 Å². The van der Waals surface area contributed by atoms with Gasteiger partial charge in [-0.25, -0.2) is 4.98 Å². The lowest BCUT2D eigenvalue weighted by atomic mass is 10.1. The Labute approximate surface area is 162 Å². The summed E-state index contributed by atoms with van der Waals surface area (Å²) in [5.74, 6) is -0.271.